The van der Waals surface area contributed by atoms with Crippen molar-refractivity contribution in [2.45, 2.75) is 44.3 Å². The molecule has 0 bridgehead atoms. The number of amides is 1. The SMILES string of the molecule is CC(N)c1nc(C(=O)NC2CCCC2n2ccnc2)cs1. The second kappa shape index (κ2) is 5.95. The number of imidazole rings is 1. The van der Waals surface area contributed by atoms with E-state index in [0.717, 1.165) is 24.3 Å². The van der Waals surface area contributed by atoms with Gasteiger partial charge in [0.2, 0.25) is 0 Å². The van der Waals surface area contributed by atoms with Crippen LogP contribution in [-0.2, 0) is 0 Å². The molecule has 0 aromatic carbocycles. The van der Waals surface area contributed by atoms with E-state index in [0.29, 0.717) is 5.69 Å². The Morgan fingerprint density at radius 3 is 3.10 bits per heavy atom. The minimum Gasteiger partial charge on any atom is -0.346 e. The summed E-state index contributed by atoms with van der Waals surface area (Å²) in [5.74, 6) is -0.116. The van der Waals surface area contributed by atoms with Gasteiger partial charge in [-0.05, 0) is 26.2 Å². The number of rotatable bonds is 4. The number of thiazole rings is 1. The van der Waals surface area contributed by atoms with Crippen LogP contribution >= 0.6 is 11.3 Å². The Balaban J connectivity index is 1.68. The summed E-state index contributed by atoms with van der Waals surface area (Å²) in [6.45, 7) is 1.87. The number of nitrogens with one attached hydrogen (secondary N) is 1. The van der Waals surface area contributed by atoms with Crippen molar-refractivity contribution < 1.29 is 4.79 Å². The predicted molar refractivity (Wildman–Crippen MR) is 81.1 cm³/mol. The van der Waals surface area contributed by atoms with Crippen LogP contribution in [0.25, 0.3) is 0 Å². The van der Waals surface area contributed by atoms with Crippen LogP contribution in [-0.4, -0.2) is 26.5 Å². The first-order valence-corrected chi connectivity index (χ1v) is 8.02. The maximum atomic E-state index is 12.3. The molecule has 1 aliphatic rings. The number of nitrogens with two attached hydrogens (primary N) is 1. The zero-order chi connectivity index (χ0) is 14.8. The molecule has 2 aromatic rings. The van der Waals surface area contributed by atoms with E-state index >= 15 is 0 Å². The zero-order valence-electron chi connectivity index (χ0n) is 11.9. The lowest BCUT2D eigenvalue weighted by Crippen LogP contribution is -2.38. The highest BCUT2D eigenvalue weighted by molar-refractivity contribution is 7.09. The number of hydrogen-bond acceptors (Lipinski definition) is 5. The van der Waals surface area contributed by atoms with Crippen LogP contribution in [0.5, 0.6) is 0 Å². The minimum atomic E-state index is -0.137. The van der Waals surface area contributed by atoms with Gasteiger partial charge in [0.15, 0.2) is 0 Å². The van der Waals surface area contributed by atoms with Gasteiger partial charge in [0.05, 0.1) is 18.4 Å². The predicted octanol–water partition coefficient (Wildman–Crippen LogP) is 1.88. The van der Waals surface area contributed by atoms with Crippen LogP contribution in [0.1, 0.15) is 53.8 Å². The van der Waals surface area contributed by atoms with Crippen molar-refractivity contribution >= 4 is 17.2 Å². The summed E-state index contributed by atoms with van der Waals surface area (Å²) in [7, 11) is 0. The molecular weight excluding hydrogens is 286 g/mol. The fourth-order valence-electron chi connectivity index (χ4n) is 2.77. The molecule has 3 unspecified atom stereocenters. The van der Waals surface area contributed by atoms with Crippen LogP contribution in [0.3, 0.4) is 0 Å². The van der Waals surface area contributed by atoms with E-state index in [9.17, 15) is 4.79 Å². The molecule has 1 fully saturated rings. The standard InChI is InChI=1S/C14H19N5OS/c1-9(15)14-18-11(7-21-14)13(20)17-10-3-2-4-12(10)19-6-5-16-8-19/h5-10,12H,2-4,15H2,1H3,(H,17,20). The summed E-state index contributed by atoms with van der Waals surface area (Å²) in [6.07, 6.45) is 8.68. The minimum absolute atomic E-state index is 0.116. The van der Waals surface area contributed by atoms with Crippen molar-refractivity contribution in [1.29, 1.82) is 0 Å². The highest BCUT2D eigenvalue weighted by atomic mass is 32.1. The summed E-state index contributed by atoms with van der Waals surface area (Å²) in [6, 6.07) is 0.275. The average molecular weight is 305 g/mol. The molecule has 0 saturated heterocycles. The molecule has 21 heavy (non-hydrogen) atoms. The second-order valence-electron chi connectivity index (χ2n) is 5.45. The maximum Gasteiger partial charge on any atom is 0.271 e. The Morgan fingerprint density at radius 1 is 1.57 bits per heavy atom. The first-order valence-electron chi connectivity index (χ1n) is 7.14. The van der Waals surface area contributed by atoms with Gasteiger partial charge in [-0.1, -0.05) is 0 Å². The number of aromatic nitrogens is 3. The van der Waals surface area contributed by atoms with E-state index in [4.69, 9.17) is 5.73 Å². The van der Waals surface area contributed by atoms with Gasteiger partial charge in [0, 0.05) is 23.8 Å². The first kappa shape index (κ1) is 14.2. The molecule has 3 rings (SSSR count). The third-order valence-electron chi connectivity index (χ3n) is 3.85. The molecule has 1 saturated carbocycles. The van der Waals surface area contributed by atoms with E-state index in [1.807, 2.05) is 19.4 Å². The molecule has 2 aromatic heterocycles. The maximum absolute atomic E-state index is 12.3. The Labute approximate surface area is 127 Å². The monoisotopic (exact) mass is 305 g/mol. The van der Waals surface area contributed by atoms with Gasteiger partial charge in [0.1, 0.15) is 10.7 Å². The van der Waals surface area contributed by atoms with Gasteiger partial charge in [-0.25, -0.2) is 9.97 Å². The molecule has 7 heteroatoms. The molecule has 2 heterocycles. The van der Waals surface area contributed by atoms with E-state index in [1.54, 1.807) is 11.6 Å². The van der Waals surface area contributed by atoms with Crippen LogP contribution in [0, 0.1) is 0 Å². The smallest absolute Gasteiger partial charge is 0.271 e. The zero-order valence-corrected chi connectivity index (χ0v) is 12.7. The quantitative estimate of drug-likeness (QED) is 0.903. The molecule has 0 aliphatic heterocycles. The van der Waals surface area contributed by atoms with Crippen LogP contribution < -0.4 is 11.1 Å². The second-order valence-corrected chi connectivity index (χ2v) is 6.34. The molecule has 0 spiro atoms. The summed E-state index contributed by atoms with van der Waals surface area (Å²) in [5.41, 5.74) is 6.24. The first-order chi connectivity index (χ1) is 10.1. The molecule has 1 amide bonds. The summed E-state index contributed by atoms with van der Waals surface area (Å²) in [5, 5.41) is 5.66. The third-order valence-corrected chi connectivity index (χ3v) is 4.89. The van der Waals surface area contributed by atoms with Crippen molar-refractivity contribution in [1.82, 2.24) is 19.9 Å². The highest BCUT2D eigenvalue weighted by Gasteiger charge is 2.30. The molecule has 0 radical (unpaired) electrons. The van der Waals surface area contributed by atoms with Gasteiger partial charge in [-0.2, -0.15) is 0 Å². The number of carbonyl (C=O) groups is 1. The average Bonchev–Trinajstić information content (AvgIpc) is 3.19. The van der Waals surface area contributed by atoms with Crippen molar-refractivity contribution in [3.8, 4) is 0 Å². The highest BCUT2D eigenvalue weighted by Crippen LogP contribution is 2.30. The van der Waals surface area contributed by atoms with E-state index in [-0.39, 0.29) is 24.0 Å². The van der Waals surface area contributed by atoms with Crippen LogP contribution in [0.4, 0.5) is 0 Å². The van der Waals surface area contributed by atoms with Gasteiger partial charge in [-0.15, -0.1) is 11.3 Å². The van der Waals surface area contributed by atoms with Gasteiger partial charge in [-0.3, -0.25) is 4.79 Å². The fourth-order valence-corrected chi connectivity index (χ4v) is 3.53. The van der Waals surface area contributed by atoms with Crippen molar-refractivity contribution in [3.05, 3.63) is 34.8 Å². The normalized spacial score (nSPS) is 23.1. The van der Waals surface area contributed by atoms with Gasteiger partial charge >= 0.3 is 0 Å². The largest absolute Gasteiger partial charge is 0.346 e. The molecule has 1 aliphatic carbocycles. The van der Waals surface area contributed by atoms with Crippen LogP contribution in [0.15, 0.2) is 24.1 Å². The Kier molecular flexibility index (Phi) is 4.03. The summed E-state index contributed by atoms with van der Waals surface area (Å²) < 4.78 is 2.08. The lowest BCUT2D eigenvalue weighted by molar-refractivity contribution is 0.0924. The topological polar surface area (TPSA) is 85.8 Å². The summed E-state index contributed by atoms with van der Waals surface area (Å²) >= 11 is 1.43. The Hall–Kier alpha value is -1.73. The van der Waals surface area contributed by atoms with E-state index < -0.39 is 0 Å². The third kappa shape index (κ3) is 2.98. The molecule has 3 atom stereocenters. The van der Waals surface area contributed by atoms with Crippen molar-refractivity contribution in [3.63, 3.8) is 0 Å². The van der Waals surface area contributed by atoms with Gasteiger partial charge < -0.3 is 15.6 Å². The molecule has 6 nitrogen and oxygen atoms in total. The van der Waals surface area contributed by atoms with E-state index in [2.05, 4.69) is 19.9 Å². The lowest BCUT2D eigenvalue weighted by atomic mass is 10.1. The summed E-state index contributed by atoms with van der Waals surface area (Å²) in [4.78, 5) is 20.7. The van der Waals surface area contributed by atoms with Gasteiger partial charge in [0.25, 0.3) is 5.91 Å². The Bertz CT molecular complexity index is 607. The molecule has 3 N–H and O–H groups in total. The molecular formula is C14H19N5OS. The van der Waals surface area contributed by atoms with Crippen molar-refractivity contribution in [2.24, 2.45) is 5.73 Å². The van der Waals surface area contributed by atoms with E-state index in [1.165, 1.54) is 11.3 Å². The number of hydrogen-bond donors (Lipinski definition) is 2. The number of carbonyl (C=O) groups excluding carboxylic acids is 1. The van der Waals surface area contributed by atoms with Crippen molar-refractivity contribution in [2.75, 3.05) is 0 Å². The Morgan fingerprint density at radius 2 is 2.43 bits per heavy atom. The van der Waals surface area contributed by atoms with Crippen LogP contribution in [0.2, 0.25) is 0 Å². The fraction of sp³-hybridized carbons (Fsp3) is 0.500. The number of nitrogens with zero attached hydrogens (tertiary/aromatic N) is 3. The lowest BCUT2D eigenvalue weighted by Gasteiger charge is -2.21. The molecule has 112 valence electrons.